The molecule has 0 aromatic rings. The molecule has 0 fully saturated rings. The number of nitrogens with zero attached hydrogens (tertiary/aromatic N) is 2. The van der Waals surface area contributed by atoms with Crippen LogP contribution in [-0.4, -0.2) is 44.7 Å². The van der Waals surface area contributed by atoms with Gasteiger partial charge < -0.3 is 0 Å². The lowest BCUT2D eigenvalue weighted by atomic mass is 9.93. The Morgan fingerprint density at radius 1 is 0.818 bits per heavy atom. The predicted octanol–water partition coefficient (Wildman–Crippen LogP) is 4.28. The number of rotatable bonds is 14. The van der Waals surface area contributed by atoms with E-state index in [0.29, 0.717) is 6.54 Å². The van der Waals surface area contributed by atoms with Crippen molar-refractivity contribution in [2.75, 3.05) is 27.7 Å². The van der Waals surface area contributed by atoms with E-state index in [1.54, 1.807) is 21.1 Å². The summed E-state index contributed by atoms with van der Waals surface area (Å²) < 4.78 is 26.5. The van der Waals surface area contributed by atoms with Crippen molar-refractivity contribution in [1.29, 1.82) is 0 Å². The molecule has 0 bridgehead atoms. The summed E-state index contributed by atoms with van der Waals surface area (Å²) in [4.78, 5) is 0. The van der Waals surface area contributed by atoms with Crippen molar-refractivity contribution in [3.63, 3.8) is 0 Å². The third-order valence-electron chi connectivity index (χ3n) is 4.48. The van der Waals surface area contributed by atoms with Gasteiger partial charge >= 0.3 is 0 Å². The van der Waals surface area contributed by atoms with Gasteiger partial charge in [-0.25, -0.2) is 0 Å². The van der Waals surface area contributed by atoms with Crippen molar-refractivity contribution in [3.8, 4) is 0 Å². The van der Waals surface area contributed by atoms with Crippen molar-refractivity contribution < 1.29 is 8.42 Å². The average Bonchev–Trinajstić information content (AvgIpc) is 2.48. The van der Waals surface area contributed by atoms with Crippen molar-refractivity contribution in [2.45, 2.75) is 78.1 Å². The van der Waals surface area contributed by atoms with Crippen LogP contribution in [0.25, 0.3) is 0 Å². The van der Waals surface area contributed by atoms with Crippen LogP contribution in [0.4, 0.5) is 0 Å². The second kappa shape index (κ2) is 12.3. The van der Waals surface area contributed by atoms with E-state index in [1.807, 2.05) is 0 Å². The van der Waals surface area contributed by atoms with Crippen molar-refractivity contribution in [1.82, 2.24) is 8.61 Å². The number of hydrogen-bond acceptors (Lipinski definition) is 2. The highest BCUT2D eigenvalue weighted by atomic mass is 32.2. The van der Waals surface area contributed by atoms with Crippen LogP contribution in [-0.2, 0) is 10.2 Å². The van der Waals surface area contributed by atoms with Gasteiger partial charge in [0.1, 0.15) is 0 Å². The molecule has 0 aliphatic carbocycles. The summed E-state index contributed by atoms with van der Waals surface area (Å²) in [7, 11) is 1.59. The fourth-order valence-electron chi connectivity index (χ4n) is 2.75. The van der Waals surface area contributed by atoms with E-state index >= 15 is 0 Å². The molecule has 5 heteroatoms. The minimum atomic E-state index is -3.24. The lowest BCUT2D eigenvalue weighted by molar-refractivity contribution is 0.373. The summed E-state index contributed by atoms with van der Waals surface area (Å²) >= 11 is 0. The van der Waals surface area contributed by atoms with E-state index in [-0.39, 0.29) is 0 Å². The average molecular weight is 335 g/mol. The predicted molar refractivity (Wildman–Crippen MR) is 96.2 cm³/mol. The van der Waals surface area contributed by atoms with Crippen LogP contribution in [0.2, 0.25) is 0 Å². The molecule has 0 aliphatic heterocycles. The molecule has 0 N–H and O–H groups in total. The minimum Gasteiger partial charge on any atom is -0.195 e. The Hall–Kier alpha value is -0.130. The molecule has 22 heavy (non-hydrogen) atoms. The van der Waals surface area contributed by atoms with Gasteiger partial charge in [-0.05, 0) is 12.3 Å². The first-order valence-electron chi connectivity index (χ1n) is 9.00. The highest BCUT2D eigenvalue weighted by molar-refractivity contribution is 7.86. The SMILES string of the molecule is CCCCCCCC(CC)CCCCN(C)S(=O)(=O)N(C)C. The standard InChI is InChI=1S/C17H38N2O2S/c1-6-8-9-10-11-14-17(7-2)15-12-13-16-19(5)22(20,21)18(3)4/h17H,6-16H2,1-5H3. The van der Waals surface area contributed by atoms with Gasteiger partial charge in [0.25, 0.3) is 10.2 Å². The molecular weight excluding hydrogens is 296 g/mol. The first-order chi connectivity index (χ1) is 10.4. The molecule has 0 aliphatic rings. The van der Waals surface area contributed by atoms with Gasteiger partial charge in [-0.15, -0.1) is 0 Å². The third kappa shape index (κ3) is 9.11. The molecule has 0 aromatic carbocycles. The van der Waals surface area contributed by atoms with Crippen molar-refractivity contribution in [2.24, 2.45) is 5.92 Å². The molecule has 0 spiro atoms. The largest absolute Gasteiger partial charge is 0.281 e. The zero-order valence-electron chi connectivity index (χ0n) is 15.5. The van der Waals surface area contributed by atoms with Gasteiger partial charge in [0.2, 0.25) is 0 Å². The molecule has 0 heterocycles. The lowest BCUT2D eigenvalue weighted by Gasteiger charge is -2.21. The molecule has 0 rings (SSSR count). The topological polar surface area (TPSA) is 40.6 Å². The third-order valence-corrected chi connectivity index (χ3v) is 6.38. The molecule has 1 unspecified atom stereocenters. The quantitative estimate of drug-likeness (QED) is 0.445. The Labute approximate surface area is 139 Å². The molecule has 1 atom stereocenters. The first kappa shape index (κ1) is 21.9. The van der Waals surface area contributed by atoms with Gasteiger partial charge in [0, 0.05) is 27.7 Å². The summed E-state index contributed by atoms with van der Waals surface area (Å²) in [5.41, 5.74) is 0. The van der Waals surface area contributed by atoms with Gasteiger partial charge in [-0.3, -0.25) is 0 Å². The molecule has 0 amide bonds. The monoisotopic (exact) mass is 334 g/mol. The van der Waals surface area contributed by atoms with E-state index in [4.69, 9.17) is 0 Å². The van der Waals surface area contributed by atoms with Crippen LogP contribution in [0.5, 0.6) is 0 Å². The second-order valence-corrected chi connectivity index (χ2v) is 8.83. The van der Waals surface area contributed by atoms with Gasteiger partial charge in [0.15, 0.2) is 0 Å². The molecular formula is C17H38N2O2S. The zero-order chi connectivity index (χ0) is 17.0. The van der Waals surface area contributed by atoms with Gasteiger partial charge in [-0.2, -0.15) is 17.0 Å². The summed E-state index contributed by atoms with van der Waals surface area (Å²) in [5, 5.41) is 0. The summed E-state index contributed by atoms with van der Waals surface area (Å²) in [5.74, 6) is 0.817. The Morgan fingerprint density at radius 2 is 1.36 bits per heavy atom. The van der Waals surface area contributed by atoms with Crippen molar-refractivity contribution >= 4 is 10.2 Å². The van der Waals surface area contributed by atoms with E-state index < -0.39 is 10.2 Å². The smallest absolute Gasteiger partial charge is 0.195 e. The maximum Gasteiger partial charge on any atom is 0.281 e. The van der Waals surface area contributed by atoms with E-state index in [2.05, 4.69) is 13.8 Å². The maximum absolute atomic E-state index is 11.9. The van der Waals surface area contributed by atoms with Crippen LogP contribution in [0.3, 0.4) is 0 Å². The highest BCUT2D eigenvalue weighted by Crippen LogP contribution is 2.20. The normalized spacial score (nSPS) is 14.0. The molecule has 134 valence electrons. The van der Waals surface area contributed by atoms with Crippen LogP contribution in [0.15, 0.2) is 0 Å². The first-order valence-corrected chi connectivity index (χ1v) is 10.4. The van der Waals surface area contributed by atoms with Crippen LogP contribution >= 0.6 is 0 Å². The Balaban J connectivity index is 3.83. The summed E-state index contributed by atoms with van der Waals surface area (Å²) in [6.45, 7) is 5.15. The van der Waals surface area contributed by atoms with Gasteiger partial charge in [0.05, 0.1) is 0 Å². The van der Waals surface area contributed by atoms with Crippen LogP contribution in [0.1, 0.15) is 78.1 Å². The van der Waals surface area contributed by atoms with Gasteiger partial charge in [-0.1, -0.05) is 71.6 Å². The van der Waals surface area contributed by atoms with E-state index in [9.17, 15) is 8.42 Å². The fourth-order valence-corrected chi connectivity index (χ4v) is 3.67. The summed E-state index contributed by atoms with van der Waals surface area (Å²) in [6, 6.07) is 0. The maximum atomic E-state index is 11.9. The Bertz CT molecular complexity index is 356. The van der Waals surface area contributed by atoms with E-state index in [0.717, 1.165) is 18.8 Å². The Morgan fingerprint density at radius 3 is 1.86 bits per heavy atom. The van der Waals surface area contributed by atoms with Crippen LogP contribution < -0.4 is 0 Å². The van der Waals surface area contributed by atoms with E-state index in [1.165, 1.54) is 60.0 Å². The minimum absolute atomic E-state index is 0.618. The molecule has 0 saturated heterocycles. The molecule has 0 saturated carbocycles. The van der Waals surface area contributed by atoms with Crippen molar-refractivity contribution in [3.05, 3.63) is 0 Å². The molecule has 4 nitrogen and oxygen atoms in total. The second-order valence-electron chi connectivity index (χ2n) is 6.58. The zero-order valence-corrected chi connectivity index (χ0v) is 16.3. The molecule has 0 radical (unpaired) electrons. The van der Waals surface area contributed by atoms with Crippen LogP contribution in [0, 0.1) is 5.92 Å². The highest BCUT2D eigenvalue weighted by Gasteiger charge is 2.19. The summed E-state index contributed by atoms with van der Waals surface area (Å²) in [6.07, 6.45) is 12.7. The molecule has 0 aromatic heterocycles. The number of hydrogen-bond donors (Lipinski definition) is 0. The fraction of sp³-hybridized carbons (Fsp3) is 1.00. The lowest BCUT2D eigenvalue weighted by Crippen LogP contribution is -2.37. The Kier molecular flexibility index (Phi) is 12.2. The number of unbranched alkanes of at least 4 members (excludes halogenated alkanes) is 5.